The van der Waals surface area contributed by atoms with E-state index in [1.54, 1.807) is 44.2 Å². The predicted octanol–water partition coefficient (Wildman–Crippen LogP) is 1.01. The molecule has 2 fully saturated rings. The number of fused-ring (bicyclic) bond motifs is 2. The molecule has 2 saturated heterocycles. The summed E-state index contributed by atoms with van der Waals surface area (Å²) >= 11 is 0. The molecule has 2 aliphatic rings. The van der Waals surface area contributed by atoms with Gasteiger partial charge >= 0.3 is 19.4 Å². The maximum absolute atomic E-state index is 13.8. The molecule has 2 bridgehead atoms. The summed E-state index contributed by atoms with van der Waals surface area (Å²) in [6.07, 6.45) is -2.36. The number of H-pyrrole nitrogens is 1. The Kier molecular flexibility index (Phi) is 7.75. The molecule has 1 aromatic carbocycles. The van der Waals surface area contributed by atoms with Gasteiger partial charge in [-0.2, -0.15) is 5.09 Å². The van der Waals surface area contributed by atoms with E-state index < -0.39 is 67.8 Å². The van der Waals surface area contributed by atoms with E-state index >= 15 is 0 Å². The highest BCUT2D eigenvalue weighted by molar-refractivity contribution is 7.52. The number of aliphatic hydroxyl groups is 1. The lowest BCUT2D eigenvalue weighted by Crippen LogP contribution is -2.46. The number of hydrogen-bond donors (Lipinski definition) is 3. The van der Waals surface area contributed by atoms with E-state index in [4.69, 9.17) is 23.3 Å². The largest absolute Gasteiger partial charge is 0.462 e. The number of nitrogens with zero attached hydrogens (tertiary/aromatic N) is 1. The van der Waals surface area contributed by atoms with Crippen molar-refractivity contribution in [3.05, 3.63) is 62.9 Å². The molecule has 0 unspecified atom stereocenters. The van der Waals surface area contributed by atoms with Gasteiger partial charge < -0.3 is 23.8 Å². The molecule has 13 nitrogen and oxygen atoms in total. The molecule has 202 valence electrons. The molecule has 6 atom stereocenters. The molecule has 3 heterocycles. The Labute approximate surface area is 212 Å². The first-order valence-electron chi connectivity index (χ1n) is 11.7. The molecular formula is C23H30N3O10P. The minimum atomic E-state index is -4.24. The number of carbonyl (C=O) groups excluding carboxylic acids is 1. The normalized spacial score (nSPS) is 27.1. The van der Waals surface area contributed by atoms with Crippen molar-refractivity contribution in [1.29, 1.82) is 0 Å². The number of carbonyl (C=O) groups is 1. The molecule has 0 saturated carbocycles. The monoisotopic (exact) mass is 539 g/mol. The molecule has 2 aromatic rings. The van der Waals surface area contributed by atoms with Crippen LogP contribution in [0, 0.1) is 6.92 Å². The van der Waals surface area contributed by atoms with Crippen LogP contribution in [0.4, 0.5) is 0 Å². The summed E-state index contributed by atoms with van der Waals surface area (Å²) in [6, 6.07) is 7.14. The number of aliphatic hydroxyl groups excluding tert-OH is 1. The fraction of sp³-hybridized carbons (Fsp3) is 0.522. The minimum Gasteiger partial charge on any atom is -0.462 e. The van der Waals surface area contributed by atoms with Gasteiger partial charge in [0.25, 0.3) is 5.56 Å². The average Bonchev–Trinajstić information content (AvgIpc) is 3.29. The number of aryl methyl sites for hydroxylation is 1. The Morgan fingerprint density at radius 2 is 2.00 bits per heavy atom. The standard InChI is InChI=1S/C23H30N3O10P/c1-13(2)34-21(29)15(4)25-37(31,36-16-8-6-5-7-9-16)33-12-23-11-32-17(18(23)27)20(35-23)26-10-14(3)19(28)24-22(26)30/h5-10,13,15,17-18,20,27H,11-12H2,1-4H3,(H,25,31)(H,24,28,30)/t15-,17+,18-,20+,23+,37+/m0/s1. The van der Waals surface area contributed by atoms with Gasteiger partial charge in [-0.05, 0) is 39.8 Å². The van der Waals surface area contributed by atoms with Crippen molar-refractivity contribution >= 4 is 13.7 Å². The highest BCUT2D eigenvalue weighted by Gasteiger charge is 2.62. The summed E-state index contributed by atoms with van der Waals surface area (Å²) in [5, 5.41) is 13.5. The van der Waals surface area contributed by atoms with E-state index in [0.29, 0.717) is 0 Å². The van der Waals surface area contributed by atoms with Crippen LogP contribution in [0.15, 0.2) is 46.1 Å². The summed E-state index contributed by atoms with van der Waals surface area (Å²) in [7, 11) is -4.24. The highest BCUT2D eigenvalue weighted by atomic mass is 31.2. The van der Waals surface area contributed by atoms with Crippen LogP contribution in [0.5, 0.6) is 5.75 Å². The number of esters is 1. The Balaban J connectivity index is 1.55. The van der Waals surface area contributed by atoms with Gasteiger partial charge in [-0.3, -0.25) is 23.7 Å². The minimum absolute atomic E-state index is 0.122. The van der Waals surface area contributed by atoms with Crippen LogP contribution < -0.4 is 20.9 Å². The number of ether oxygens (including phenoxy) is 3. The van der Waals surface area contributed by atoms with Crippen molar-refractivity contribution in [1.82, 2.24) is 14.6 Å². The number of benzene rings is 1. The Hall–Kier alpha value is -2.80. The van der Waals surface area contributed by atoms with Gasteiger partial charge in [-0.1, -0.05) is 18.2 Å². The van der Waals surface area contributed by atoms with E-state index in [-0.39, 0.29) is 17.9 Å². The molecule has 37 heavy (non-hydrogen) atoms. The van der Waals surface area contributed by atoms with Crippen molar-refractivity contribution < 1.29 is 37.7 Å². The summed E-state index contributed by atoms with van der Waals surface area (Å²) < 4.78 is 43.1. The fourth-order valence-corrected chi connectivity index (χ4v) is 5.59. The van der Waals surface area contributed by atoms with E-state index in [1.165, 1.54) is 20.0 Å². The predicted molar refractivity (Wildman–Crippen MR) is 129 cm³/mol. The van der Waals surface area contributed by atoms with Gasteiger partial charge in [0.15, 0.2) is 6.23 Å². The molecule has 0 aliphatic carbocycles. The molecule has 14 heteroatoms. The lowest BCUT2D eigenvalue weighted by atomic mass is 10.0. The Morgan fingerprint density at radius 1 is 1.30 bits per heavy atom. The molecule has 1 aromatic heterocycles. The summed E-state index contributed by atoms with van der Waals surface area (Å²) in [5.74, 6) is -0.454. The van der Waals surface area contributed by atoms with Crippen LogP contribution in [-0.2, 0) is 28.1 Å². The van der Waals surface area contributed by atoms with Crippen LogP contribution in [0.2, 0.25) is 0 Å². The molecule has 0 radical (unpaired) electrons. The topological polar surface area (TPSA) is 167 Å². The second kappa shape index (κ2) is 10.5. The first kappa shape index (κ1) is 27.2. The van der Waals surface area contributed by atoms with Gasteiger partial charge in [0.1, 0.15) is 29.6 Å². The van der Waals surface area contributed by atoms with Gasteiger partial charge in [-0.15, -0.1) is 0 Å². The quantitative estimate of drug-likeness (QED) is 0.291. The first-order valence-corrected chi connectivity index (χ1v) is 13.2. The Bertz CT molecular complexity index is 1300. The zero-order valence-corrected chi connectivity index (χ0v) is 21.7. The molecule has 0 spiro atoms. The van der Waals surface area contributed by atoms with Crippen LogP contribution in [0.25, 0.3) is 0 Å². The van der Waals surface area contributed by atoms with E-state index in [1.807, 2.05) is 0 Å². The van der Waals surface area contributed by atoms with Crippen LogP contribution in [0.1, 0.15) is 32.6 Å². The first-order chi connectivity index (χ1) is 17.4. The number of rotatable bonds is 10. The summed E-state index contributed by atoms with van der Waals surface area (Å²) in [6.45, 7) is 5.74. The molecule has 3 N–H and O–H groups in total. The van der Waals surface area contributed by atoms with Gasteiger partial charge in [0.05, 0.1) is 19.3 Å². The second-order valence-corrected chi connectivity index (χ2v) is 11.0. The Morgan fingerprint density at radius 3 is 2.68 bits per heavy atom. The summed E-state index contributed by atoms with van der Waals surface area (Å²) in [5.41, 5.74) is -2.52. The van der Waals surface area contributed by atoms with Gasteiger partial charge in [0.2, 0.25) is 0 Å². The highest BCUT2D eigenvalue weighted by Crippen LogP contribution is 2.50. The maximum Gasteiger partial charge on any atom is 0.459 e. The summed E-state index contributed by atoms with van der Waals surface area (Å²) in [4.78, 5) is 38.7. The number of nitrogens with one attached hydrogen (secondary N) is 2. The van der Waals surface area contributed by atoms with Gasteiger partial charge in [-0.25, -0.2) is 9.36 Å². The lowest BCUT2D eigenvalue weighted by Gasteiger charge is -2.32. The second-order valence-electron chi connectivity index (χ2n) is 9.28. The average molecular weight is 539 g/mol. The SMILES string of the molecule is Cc1cn([C@@H]2O[C@@]3(CO[P@](=O)(N[C@@H](C)C(=O)OC(C)C)Oc4ccccc4)CO[C@@H]2[C@@H]3O)c(=O)[nH]c1=O. The van der Waals surface area contributed by atoms with Crippen LogP contribution >= 0.6 is 7.75 Å². The third kappa shape index (κ3) is 5.71. The number of hydrogen-bond acceptors (Lipinski definition) is 10. The van der Waals surface area contributed by atoms with Crippen molar-refractivity contribution in [3.63, 3.8) is 0 Å². The molecular weight excluding hydrogens is 509 g/mol. The lowest BCUT2D eigenvalue weighted by molar-refractivity contribution is -0.185. The van der Waals surface area contributed by atoms with E-state index in [9.17, 15) is 24.1 Å². The van der Waals surface area contributed by atoms with E-state index in [2.05, 4.69) is 10.1 Å². The third-order valence-corrected chi connectivity index (χ3v) is 7.56. The van der Waals surface area contributed by atoms with Crippen molar-refractivity contribution in [2.45, 2.75) is 63.9 Å². The molecule has 4 rings (SSSR count). The number of aromatic amines is 1. The van der Waals surface area contributed by atoms with Crippen LogP contribution in [-0.4, -0.2) is 63.8 Å². The fourth-order valence-electron chi connectivity index (χ4n) is 4.04. The van der Waals surface area contributed by atoms with E-state index in [0.717, 1.165) is 4.57 Å². The van der Waals surface area contributed by atoms with Crippen molar-refractivity contribution in [2.75, 3.05) is 13.2 Å². The van der Waals surface area contributed by atoms with Crippen molar-refractivity contribution in [2.24, 2.45) is 0 Å². The third-order valence-electron chi connectivity index (χ3n) is 5.93. The number of aromatic nitrogens is 2. The molecule has 0 amide bonds. The smallest absolute Gasteiger partial charge is 0.459 e. The zero-order chi connectivity index (χ0) is 27.0. The van der Waals surface area contributed by atoms with Crippen molar-refractivity contribution in [3.8, 4) is 5.75 Å². The van der Waals surface area contributed by atoms with Gasteiger partial charge in [0, 0.05) is 11.8 Å². The molecule has 2 aliphatic heterocycles. The van der Waals surface area contributed by atoms with Crippen LogP contribution in [0.3, 0.4) is 0 Å². The number of para-hydroxylation sites is 1. The zero-order valence-electron chi connectivity index (χ0n) is 20.8. The maximum atomic E-state index is 13.8.